The van der Waals surface area contributed by atoms with Gasteiger partial charge in [0, 0.05) is 6.42 Å². The van der Waals surface area contributed by atoms with Crippen molar-refractivity contribution < 1.29 is 13.2 Å². The lowest BCUT2D eigenvalue weighted by Gasteiger charge is -2.09. The van der Waals surface area contributed by atoms with Crippen LogP contribution in [0.2, 0.25) is 0 Å². The molecule has 1 heterocycles. The van der Waals surface area contributed by atoms with Crippen LogP contribution in [0.3, 0.4) is 0 Å². The number of carbonyl (C=O) groups excluding carboxylic acids is 1. The number of nitrogens with zero attached hydrogens (tertiary/aromatic N) is 2. The lowest BCUT2D eigenvalue weighted by atomic mass is 10.1. The van der Waals surface area contributed by atoms with Crippen molar-refractivity contribution in [1.29, 1.82) is 0 Å². The molecule has 118 valence electrons. The van der Waals surface area contributed by atoms with Crippen LogP contribution in [0.5, 0.6) is 0 Å². The second kappa shape index (κ2) is 6.84. The number of hydrogen-bond acceptors (Lipinski definition) is 6. The van der Waals surface area contributed by atoms with E-state index in [1.807, 2.05) is 19.1 Å². The van der Waals surface area contributed by atoms with E-state index in [9.17, 15) is 13.2 Å². The third kappa shape index (κ3) is 3.80. The minimum absolute atomic E-state index is 0.163. The van der Waals surface area contributed by atoms with Crippen LogP contribution in [-0.2, 0) is 21.2 Å². The highest BCUT2D eigenvalue weighted by atomic mass is 32.2. The maximum Gasteiger partial charge on any atom is 0.291 e. The molecule has 0 bridgehead atoms. The van der Waals surface area contributed by atoms with Crippen molar-refractivity contribution >= 4 is 38.1 Å². The van der Waals surface area contributed by atoms with Gasteiger partial charge in [-0.05, 0) is 18.1 Å². The average Bonchev–Trinajstić information content (AvgIpc) is 2.96. The predicted octanol–water partition coefficient (Wildman–Crippen LogP) is 2.25. The fourth-order valence-electron chi connectivity index (χ4n) is 1.69. The number of para-hydroxylation sites is 1. The van der Waals surface area contributed by atoms with Crippen molar-refractivity contribution in [1.82, 2.24) is 10.2 Å². The molecule has 0 fully saturated rings. The molecule has 0 saturated carbocycles. The van der Waals surface area contributed by atoms with Gasteiger partial charge in [0.25, 0.3) is 14.4 Å². The molecule has 0 saturated heterocycles. The van der Waals surface area contributed by atoms with Crippen LogP contribution in [0.1, 0.15) is 25.8 Å². The Labute approximate surface area is 132 Å². The standard InChI is InChI=1S/C13H16N4O3S2/c1-3-9-7-5-6-8-10(9)17-22(19,20)13-16-15-12(21-13)14-11(18)4-2/h5-8,17H,3-4H2,1-2H3,(H,14,15,18). The number of nitrogens with one attached hydrogen (secondary N) is 2. The van der Waals surface area contributed by atoms with Crippen LogP contribution < -0.4 is 10.0 Å². The van der Waals surface area contributed by atoms with Gasteiger partial charge in [-0.15, -0.1) is 10.2 Å². The third-order valence-electron chi connectivity index (χ3n) is 2.85. The fraction of sp³-hybridized carbons (Fsp3) is 0.308. The van der Waals surface area contributed by atoms with E-state index in [-0.39, 0.29) is 21.8 Å². The number of aryl methyl sites for hydroxylation is 1. The Morgan fingerprint density at radius 3 is 2.64 bits per heavy atom. The molecule has 0 aliphatic carbocycles. The van der Waals surface area contributed by atoms with Gasteiger partial charge in [-0.1, -0.05) is 43.4 Å². The van der Waals surface area contributed by atoms with Gasteiger partial charge in [0.2, 0.25) is 11.0 Å². The van der Waals surface area contributed by atoms with Crippen LogP contribution in [0, 0.1) is 0 Å². The highest BCUT2D eigenvalue weighted by Crippen LogP contribution is 2.24. The summed E-state index contributed by atoms with van der Waals surface area (Å²) in [5.74, 6) is -0.246. The lowest BCUT2D eigenvalue weighted by Crippen LogP contribution is -2.14. The van der Waals surface area contributed by atoms with Crippen molar-refractivity contribution in [3.8, 4) is 0 Å². The highest BCUT2D eigenvalue weighted by molar-refractivity contribution is 7.94. The zero-order chi connectivity index (χ0) is 16.2. The summed E-state index contributed by atoms with van der Waals surface area (Å²) in [4.78, 5) is 11.3. The Bertz CT molecular complexity index is 771. The fourth-order valence-corrected chi connectivity index (χ4v) is 3.71. The van der Waals surface area contributed by atoms with Gasteiger partial charge in [0.05, 0.1) is 5.69 Å². The Hall–Kier alpha value is -2.00. The maximum absolute atomic E-state index is 12.3. The first kappa shape index (κ1) is 16.4. The average molecular weight is 340 g/mol. The van der Waals surface area contributed by atoms with E-state index in [4.69, 9.17) is 0 Å². The lowest BCUT2D eigenvalue weighted by molar-refractivity contribution is -0.115. The van der Waals surface area contributed by atoms with Gasteiger partial charge in [0.15, 0.2) is 0 Å². The monoisotopic (exact) mass is 340 g/mol. The molecule has 22 heavy (non-hydrogen) atoms. The van der Waals surface area contributed by atoms with Crippen molar-refractivity contribution in [3.05, 3.63) is 29.8 Å². The second-order valence-electron chi connectivity index (χ2n) is 4.39. The minimum Gasteiger partial charge on any atom is -0.301 e. The van der Waals surface area contributed by atoms with E-state index in [2.05, 4.69) is 20.2 Å². The zero-order valence-electron chi connectivity index (χ0n) is 12.2. The molecule has 2 rings (SSSR count). The van der Waals surface area contributed by atoms with Crippen LogP contribution >= 0.6 is 11.3 Å². The molecule has 1 aromatic carbocycles. The van der Waals surface area contributed by atoms with Crippen molar-refractivity contribution in [3.63, 3.8) is 0 Å². The van der Waals surface area contributed by atoms with Gasteiger partial charge in [-0.2, -0.15) is 8.42 Å². The maximum atomic E-state index is 12.3. The number of aromatic nitrogens is 2. The van der Waals surface area contributed by atoms with E-state index in [0.29, 0.717) is 12.1 Å². The number of rotatable bonds is 6. The number of anilines is 2. The first-order chi connectivity index (χ1) is 10.5. The molecule has 0 aliphatic rings. The summed E-state index contributed by atoms with van der Waals surface area (Å²) >= 11 is 0.812. The normalized spacial score (nSPS) is 11.2. The Balaban J connectivity index is 2.22. The van der Waals surface area contributed by atoms with Crippen molar-refractivity contribution in [2.45, 2.75) is 31.0 Å². The molecule has 0 aliphatic heterocycles. The number of sulfonamides is 1. The first-order valence-corrected chi connectivity index (χ1v) is 9.00. The molecular weight excluding hydrogens is 324 g/mol. The van der Waals surface area contributed by atoms with E-state index in [1.165, 1.54) is 0 Å². The van der Waals surface area contributed by atoms with Crippen LogP contribution in [-0.4, -0.2) is 24.5 Å². The van der Waals surface area contributed by atoms with Gasteiger partial charge in [-0.3, -0.25) is 9.52 Å². The van der Waals surface area contributed by atoms with Crippen LogP contribution in [0.25, 0.3) is 0 Å². The van der Waals surface area contributed by atoms with Crippen molar-refractivity contribution in [2.24, 2.45) is 0 Å². The topological polar surface area (TPSA) is 101 Å². The zero-order valence-corrected chi connectivity index (χ0v) is 13.8. The predicted molar refractivity (Wildman–Crippen MR) is 85.5 cm³/mol. The van der Waals surface area contributed by atoms with E-state index < -0.39 is 10.0 Å². The van der Waals surface area contributed by atoms with E-state index in [1.54, 1.807) is 19.1 Å². The SMILES string of the molecule is CCC(=O)Nc1nnc(S(=O)(=O)Nc2ccccc2CC)s1. The third-order valence-corrected chi connectivity index (χ3v) is 5.42. The molecule has 9 heteroatoms. The number of carbonyl (C=O) groups is 1. The first-order valence-electron chi connectivity index (χ1n) is 6.70. The summed E-state index contributed by atoms with van der Waals surface area (Å²) in [6.45, 7) is 3.63. The van der Waals surface area contributed by atoms with Crippen molar-refractivity contribution in [2.75, 3.05) is 10.0 Å². The second-order valence-corrected chi connectivity index (χ2v) is 7.22. The van der Waals surface area contributed by atoms with Gasteiger partial charge >= 0.3 is 0 Å². The minimum atomic E-state index is -3.82. The Morgan fingerprint density at radius 2 is 1.95 bits per heavy atom. The highest BCUT2D eigenvalue weighted by Gasteiger charge is 2.21. The Kier molecular flexibility index (Phi) is 5.09. The summed E-state index contributed by atoms with van der Waals surface area (Å²) < 4.78 is 27.0. The number of amides is 1. The van der Waals surface area contributed by atoms with Crippen LogP contribution in [0.4, 0.5) is 10.8 Å². The largest absolute Gasteiger partial charge is 0.301 e. The van der Waals surface area contributed by atoms with Gasteiger partial charge in [0.1, 0.15) is 0 Å². The molecule has 7 nitrogen and oxygen atoms in total. The molecule has 0 atom stereocenters. The number of hydrogen-bond donors (Lipinski definition) is 2. The molecule has 0 unspecified atom stereocenters. The molecule has 0 spiro atoms. The molecule has 0 radical (unpaired) electrons. The van der Waals surface area contributed by atoms with E-state index in [0.717, 1.165) is 16.9 Å². The number of benzene rings is 1. The van der Waals surface area contributed by atoms with E-state index >= 15 is 0 Å². The molecular formula is C13H16N4O3S2. The summed E-state index contributed by atoms with van der Waals surface area (Å²) in [6, 6.07) is 7.14. The molecule has 2 aromatic rings. The smallest absolute Gasteiger partial charge is 0.291 e. The quantitative estimate of drug-likeness (QED) is 0.785. The van der Waals surface area contributed by atoms with Gasteiger partial charge in [-0.25, -0.2) is 0 Å². The molecule has 1 amide bonds. The molecule has 2 N–H and O–H groups in total. The summed E-state index contributed by atoms with van der Waals surface area (Å²) in [7, 11) is -3.82. The van der Waals surface area contributed by atoms with Crippen LogP contribution in [0.15, 0.2) is 28.6 Å². The summed E-state index contributed by atoms with van der Waals surface area (Å²) in [5, 5.41) is 9.95. The van der Waals surface area contributed by atoms with Gasteiger partial charge < -0.3 is 5.32 Å². The Morgan fingerprint density at radius 1 is 1.23 bits per heavy atom. The molecule has 1 aromatic heterocycles. The summed E-state index contributed by atoms with van der Waals surface area (Å²) in [6.07, 6.45) is 0.983. The summed E-state index contributed by atoms with van der Waals surface area (Å²) in [5.41, 5.74) is 1.40.